The van der Waals surface area contributed by atoms with E-state index in [1.807, 2.05) is 34.6 Å². The Kier molecular flexibility index (Phi) is 3.84. The molecule has 1 atom stereocenters. The molecule has 1 fully saturated rings. The van der Waals surface area contributed by atoms with Crippen molar-refractivity contribution in [2.45, 2.75) is 58.6 Å². The van der Waals surface area contributed by atoms with Crippen molar-refractivity contribution >= 4 is 12.4 Å². The van der Waals surface area contributed by atoms with Crippen LogP contribution in [0.2, 0.25) is 0 Å². The summed E-state index contributed by atoms with van der Waals surface area (Å²) in [5.74, 6) is 0.0590. The fraction of sp³-hybridized carbons (Fsp3) is 0.846. The molecule has 1 saturated heterocycles. The average molecular weight is 241 g/mol. The summed E-state index contributed by atoms with van der Waals surface area (Å²) in [4.78, 5) is 24.6. The van der Waals surface area contributed by atoms with Crippen molar-refractivity contribution in [2.24, 2.45) is 5.92 Å². The molecule has 0 aromatic rings. The van der Waals surface area contributed by atoms with E-state index < -0.39 is 5.60 Å². The van der Waals surface area contributed by atoms with E-state index in [2.05, 4.69) is 0 Å². The molecule has 1 aliphatic rings. The van der Waals surface area contributed by atoms with Crippen LogP contribution in [-0.4, -0.2) is 35.0 Å². The summed E-state index contributed by atoms with van der Waals surface area (Å²) in [7, 11) is 0. The first-order valence-electron chi connectivity index (χ1n) is 6.11. The highest BCUT2D eigenvalue weighted by Gasteiger charge is 2.39. The highest BCUT2D eigenvalue weighted by molar-refractivity contribution is 5.69. The molecule has 0 bridgehead atoms. The monoisotopic (exact) mass is 241 g/mol. The Labute approximate surface area is 103 Å². The van der Waals surface area contributed by atoms with Gasteiger partial charge in [0.1, 0.15) is 11.9 Å². The van der Waals surface area contributed by atoms with Gasteiger partial charge in [0, 0.05) is 18.0 Å². The molecule has 0 radical (unpaired) electrons. The zero-order chi connectivity index (χ0) is 13.3. The number of hydrogen-bond acceptors (Lipinski definition) is 3. The maximum atomic E-state index is 12.0. The van der Waals surface area contributed by atoms with Crippen LogP contribution in [-0.2, 0) is 9.53 Å². The zero-order valence-corrected chi connectivity index (χ0v) is 11.4. The maximum absolute atomic E-state index is 12.0. The van der Waals surface area contributed by atoms with Crippen molar-refractivity contribution in [1.29, 1.82) is 0 Å². The predicted octanol–water partition coefficient (Wildman–Crippen LogP) is 2.61. The van der Waals surface area contributed by atoms with Gasteiger partial charge in [-0.15, -0.1) is 0 Å². The largest absolute Gasteiger partial charge is 0.444 e. The third kappa shape index (κ3) is 3.72. The quantitative estimate of drug-likeness (QED) is 0.663. The van der Waals surface area contributed by atoms with Crippen molar-refractivity contribution in [3.05, 3.63) is 0 Å². The van der Waals surface area contributed by atoms with E-state index in [-0.39, 0.29) is 17.6 Å². The van der Waals surface area contributed by atoms with Gasteiger partial charge in [-0.1, -0.05) is 0 Å². The van der Waals surface area contributed by atoms with Gasteiger partial charge >= 0.3 is 6.09 Å². The van der Waals surface area contributed by atoms with E-state index in [9.17, 15) is 9.59 Å². The fourth-order valence-electron chi connectivity index (χ4n) is 2.22. The molecule has 0 aromatic carbocycles. The van der Waals surface area contributed by atoms with Crippen molar-refractivity contribution in [3.8, 4) is 0 Å². The molecule has 0 aliphatic carbocycles. The summed E-state index contributed by atoms with van der Waals surface area (Å²) in [6.07, 6.45) is 2.14. The fourth-order valence-corrected chi connectivity index (χ4v) is 2.22. The van der Waals surface area contributed by atoms with E-state index in [1.165, 1.54) is 0 Å². The first-order chi connectivity index (χ1) is 7.65. The normalized spacial score (nSPS) is 24.3. The Morgan fingerprint density at radius 1 is 1.41 bits per heavy atom. The molecular weight excluding hydrogens is 218 g/mol. The Morgan fingerprint density at radius 2 is 2.00 bits per heavy atom. The number of carbonyl (C=O) groups excluding carboxylic acids is 2. The second kappa shape index (κ2) is 4.67. The van der Waals surface area contributed by atoms with Gasteiger partial charge in [0.05, 0.1) is 0 Å². The number of amides is 1. The predicted molar refractivity (Wildman–Crippen MR) is 65.8 cm³/mol. The van der Waals surface area contributed by atoms with Gasteiger partial charge in [0.2, 0.25) is 0 Å². The summed E-state index contributed by atoms with van der Waals surface area (Å²) >= 11 is 0. The lowest BCUT2D eigenvalue weighted by atomic mass is 9.84. The van der Waals surface area contributed by atoms with Crippen LogP contribution < -0.4 is 0 Å². The molecule has 0 aromatic heterocycles. The summed E-state index contributed by atoms with van der Waals surface area (Å²) in [5.41, 5.74) is -0.791. The van der Waals surface area contributed by atoms with Crippen LogP contribution in [0.1, 0.15) is 47.5 Å². The molecule has 0 spiro atoms. The molecular formula is C13H23NO3. The van der Waals surface area contributed by atoms with Crippen LogP contribution in [0, 0.1) is 5.92 Å². The minimum atomic E-state index is -0.478. The lowest BCUT2D eigenvalue weighted by Crippen LogP contribution is -2.54. The van der Waals surface area contributed by atoms with Crippen LogP contribution in [0.25, 0.3) is 0 Å². The maximum Gasteiger partial charge on any atom is 0.410 e. The Hall–Kier alpha value is -1.06. The van der Waals surface area contributed by atoms with Gasteiger partial charge in [0.15, 0.2) is 0 Å². The van der Waals surface area contributed by atoms with E-state index in [4.69, 9.17) is 4.74 Å². The van der Waals surface area contributed by atoms with Crippen LogP contribution in [0.5, 0.6) is 0 Å². The first kappa shape index (κ1) is 14.0. The van der Waals surface area contributed by atoms with Gasteiger partial charge in [-0.2, -0.15) is 0 Å². The van der Waals surface area contributed by atoms with Crippen LogP contribution in [0.15, 0.2) is 0 Å². The summed E-state index contributed by atoms with van der Waals surface area (Å²) < 4.78 is 5.38. The van der Waals surface area contributed by atoms with Gasteiger partial charge < -0.3 is 14.4 Å². The molecule has 0 N–H and O–H groups in total. The minimum absolute atomic E-state index is 0.0590. The highest BCUT2D eigenvalue weighted by atomic mass is 16.6. The minimum Gasteiger partial charge on any atom is -0.444 e. The summed E-state index contributed by atoms with van der Waals surface area (Å²) in [6.45, 7) is 10.1. The van der Waals surface area contributed by atoms with Gasteiger partial charge in [-0.25, -0.2) is 4.79 Å². The van der Waals surface area contributed by atoms with E-state index in [0.29, 0.717) is 13.0 Å². The first-order valence-corrected chi connectivity index (χ1v) is 6.11. The van der Waals surface area contributed by atoms with Crippen LogP contribution in [0.3, 0.4) is 0 Å². The zero-order valence-electron chi connectivity index (χ0n) is 11.4. The molecule has 98 valence electrons. The van der Waals surface area contributed by atoms with Crippen molar-refractivity contribution in [3.63, 3.8) is 0 Å². The third-order valence-electron chi connectivity index (χ3n) is 3.02. The highest BCUT2D eigenvalue weighted by Crippen LogP contribution is 2.31. The molecule has 17 heavy (non-hydrogen) atoms. The van der Waals surface area contributed by atoms with E-state index in [1.54, 1.807) is 4.90 Å². The second-order valence-electron chi connectivity index (χ2n) is 6.33. The molecule has 1 unspecified atom stereocenters. The molecule has 4 heteroatoms. The lowest BCUT2D eigenvalue weighted by molar-refractivity contribution is -0.114. The molecule has 0 saturated carbocycles. The Bertz CT molecular complexity index is 304. The van der Waals surface area contributed by atoms with Gasteiger partial charge in [0.25, 0.3) is 0 Å². The van der Waals surface area contributed by atoms with Gasteiger partial charge in [-0.05, 0) is 47.5 Å². The molecule has 1 aliphatic heterocycles. The topological polar surface area (TPSA) is 46.6 Å². The number of piperidine rings is 1. The second-order valence-corrected chi connectivity index (χ2v) is 6.33. The number of ether oxygens (including phenoxy) is 1. The van der Waals surface area contributed by atoms with Crippen molar-refractivity contribution in [1.82, 2.24) is 4.90 Å². The standard InChI is InChI=1S/C13H23NO3/c1-12(2,3)17-11(16)14-7-6-10(9-15)8-13(14,4)5/h9-10H,6-8H2,1-5H3. The van der Waals surface area contributed by atoms with Gasteiger partial charge in [-0.3, -0.25) is 0 Å². The van der Waals surface area contributed by atoms with E-state index >= 15 is 0 Å². The number of carbonyl (C=O) groups is 2. The molecule has 4 nitrogen and oxygen atoms in total. The van der Waals surface area contributed by atoms with E-state index in [0.717, 1.165) is 12.7 Å². The smallest absolute Gasteiger partial charge is 0.410 e. The summed E-state index contributed by atoms with van der Waals surface area (Å²) in [6, 6.07) is 0. The summed E-state index contributed by atoms with van der Waals surface area (Å²) in [5, 5.41) is 0. The average Bonchev–Trinajstić information content (AvgIpc) is 2.12. The van der Waals surface area contributed by atoms with Crippen LogP contribution >= 0.6 is 0 Å². The molecule has 1 amide bonds. The number of nitrogens with zero attached hydrogens (tertiary/aromatic N) is 1. The Morgan fingerprint density at radius 3 is 2.41 bits per heavy atom. The third-order valence-corrected chi connectivity index (χ3v) is 3.02. The molecule has 1 heterocycles. The lowest BCUT2D eigenvalue weighted by Gasteiger charge is -2.44. The Balaban J connectivity index is 2.72. The number of rotatable bonds is 1. The molecule has 1 rings (SSSR count). The SMILES string of the molecule is CC(C)(C)OC(=O)N1CCC(C=O)CC1(C)C. The number of likely N-dealkylation sites (tertiary alicyclic amines) is 1. The van der Waals surface area contributed by atoms with Crippen molar-refractivity contribution < 1.29 is 14.3 Å². The number of aldehydes is 1. The van der Waals surface area contributed by atoms with Crippen molar-refractivity contribution in [2.75, 3.05) is 6.54 Å². The van der Waals surface area contributed by atoms with Crippen LogP contribution in [0.4, 0.5) is 4.79 Å². The number of hydrogen-bond donors (Lipinski definition) is 0.